The van der Waals surface area contributed by atoms with Gasteiger partial charge in [-0.05, 0) is 38.6 Å². The maximum absolute atomic E-state index is 12.2. The van der Waals surface area contributed by atoms with Crippen LogP contribution in [0, 0.1) is 0 Å². The summed E-state index contributed by atoms with van der Waals surface area (Å²) in [5.41, 5.74) is 0.710. The molecule has 0 aliphatic carbocycles. The van der Waals surface area contributed by atoms with Crippen molar-refractivity contribution in [2.45, 2.75) is 25.5 Å². The third-order valence-corrected chi connectivity index (χ3v) is 3.76. The van der Waals surface area contributed by atoms with Crippen LogP contribution in [0.4, 0.5) is 14.5 Å². The zero-order valence-corrected chi connectivity index (χ0v) is 12.5. The summed E-state index contributed by atoms with van der Waals surface area (Å²) in [6.07, 6.45) is 2.16. The highest BCUT2D eigenvalue weighted by Gasteiger charge is 2.19. The highest BCUT2D eigenvalue weighted by atomic mass is 35.5. The number of halogens is 4. The van der Waals surface area contributed by atoms with Gasteiger partial charge in [-0.1, -0.05) is 23.2 Å². The van der Waals surface area contributed by atoms with Gasteiger partial charge in [0.05, 0.1) is 10.0 Å². The number of ether oxygens (including phenoxy) is 1. The van der Waals surface area contributed by atoms with Crippen LogP contribution in [0.3, 0.4) is 0 Å². The molecule has 0 bridgehead atoms. The van der Waals surface area contributed by atoms with Gasteiger partial charge < -0.3 is 15.0 Å². The lowest BCUT2D eigenvalue weighted by molar-refractivity contribution is -0.0497. The fourth-order valence-corrected chi connectivity index (χ4v) is 2.94. The van der Waals surface area contributed by atoms with Gasteiger partial charge in [0.15, 0.2) is 5.75 Å². The van der Waals surface area contributed by atoms with Gasteiger partial charge in [0, 0.05) is 18.3 Å². The first-order valence-corrected chi connectivity index (χ1v) is 7.10. The van der Waals surface area contributed by atoms with Crippen LogP contribution in [0.5, 0.6) is 5.75 Å². The molecule has 7 heteroatoms. The van der Waals surface area contributed by atoms with Gasteiger partial charge in [0.25, 0.3) is 0 Å². The van der Waals surface area contributed by atoms with Gasteiger partial charge in [-0.3, -0.25) is 0 Å². The summed E-state index contributed by atoms with van der Waals surface area (Å²) in [6.45, 7) is -0.943. The molecule has 0 aromatic heterocycles. The number of anilines is 1. The average Bonchev–Trinajstić information content (AvgIpc) is 2.33. The van der Waals surface area contributed by atoms with Crippen molar-refractivity contribution in [1.82, 2.24) is 4.90 Å². The Morgan fingerprint density at radius 1 is 1.35 bits per heavy atom. The number of nitrogens with zero attached hydrogens (tertiary/aromatic N) is 1. The minimum Gasteiger partial charge on any atom is -0.432 e. The minimum absolute atomic E-state index is 0.0736. The fourth-order valence-electron chi connectivity index (χ4n) is 2.36. The summed E-state index contributed by atoms with van der Waals surface area (Å²) in [7, 11) is 2.06. The molecule has 20 heavy (non-hydrogen) atoms. The molecule has 1 atom stereocenters. The van der Waals surface area contributed by atoms with Crippen LogP contribution in [0.2, 0.25) is 10.0 Å². The summed E-state index contributed by atoms with van der Waals surface area (Å²) < 4.78 is 28.8. The van der Waals surface area contributed by atoms with Crippen LogP contribution in [-0.2, 0) is 0 Å². The van der Waals surface area contributed by atoms with Crippen molar-refractivity contribution in [3.05, 3.63) is 22.2 Å². The molecular formula is C13H16Cl2F2N2O. The zero-order valence-electron chi connectivity index (χ0n) is 11.0. The topological polar surface area (TPSA) is 24.5 Å². The van der Waals surface area contributed by atoms with Crippen molar-refractivity contribution in [2.75, 3.05) is 25.5 Å². The molecule has 1 aromatic carbocycles. The Morgan fingerprint density at radius 2 is 2.00 bits per heavy atom. The van der Waals surface area contributed by atoms with Crippen molar-refractivity contribution in [3.8, 4) is 5.75 Å². The van der Waals surface area contributed by atoms with Gasteiger partial charge in [0.2, 0.25) is 0 Å². The molecular weight excluding hydrogens is 309 g/mol. The number of likely N-dealkylation sites (N-methyl/N-ethyl adjacent to an activating group) is 1. The molecule has 1 N–H and O–H groups in total. The van der Waals surface area contributed by atoms with Crippen LogP contribution in [0.25, 0.3) is 0 Å². The Bertz CT molecular complexity index is 451. The maximum Gasteiger partial charge on any atom is 0.387 e. The number of alkyl halides is 2. The Hall–Kier alpha value is -0.780. The Labute approximate surface area is 126 Å². The summed E-state index contributed by atoms with van der Waals surface area (Å²) in [5, 5.41) is 3.47. The molecule has 3 nitrogen and oxygen atoms in total. The molecule has 1 fully saturated rings. The second-order valence-electron chi connectivity index (χ2n) is 4.89. The van der Waals surface area contributed by atoms with E-state index in [1.54, 1.807) is 12.1 Å². The van der Waals surface area contributed by atoms with E-state index in [4.69, 9.17) is 23.2 Å². The summed E-state index contributed by atoms with van der Waals surface area (Å²) in [6, 6.07) is 3.40. The number of rotatable bonds is 4. The number of piperidine rings is 1. The fraction of sp³-hybridized carbons (Fsp3) is 0.538. The van der Waals surface area contributed by atoms with Gasteiger partial charge in [-0.25, -0.2) is 0 Å². The van der Waals surface area contributed by atoms with E-state index in [-0.39, 0.29) is 15.8 Å². The molecule has 112 valence electrons. The van der Waals surface area contributed by atoms with Crippen LogP contribution in [-0.4, -0.2) is 37.7 Å². The minimum atomic E-state index is -2.95. The lowest BCUT2D eigenvalue weighted by Crippen LogP contribution is -2.39. The predicted octanol–water partition coefficient (Wildman–Crippen LogP) is 4.10. The highest BCUT2D eigenvalue weighted by Crippen LogP contribution is 2.37. The van der Waals surface area contributed by atoms with E-state index in [0.29, 0.717) is 11.7 Å². The molecule has 0 amide bonds. The molecule has 0 spiro atoms. The predicted molar refractivity (Wildman–Crippen MR) is 77.2 cm³/mol. The van der Waals surface area contributed by atoms with Crippen molar-refractivity contribution >= 4 is 28.9 Å². The number of nitrogens with one attached hydrogen (secondary N) is 1. The maximum atomic E-state index is 12.2. The molecule has 1 unspecified atom stereocenters. The van der Waals surface area contributed by atoms with Crippen LogP contribution in [0.1, 0.15) is 12.8 Å². The first-order chi connectivity index (χ1) is 9.45. The summed E-state index contributed by atoms with van der Waals surface area (Å²) >= 11 is 11.9. The van der Waals surface area contributed by atoms with E-state index in [1.165, 1.54) is 0 Å². The largest absolute Gasteiger partial charge is 0.432 e. The van der Waals surface area contributed by atoms with Crippen molar-refractivity contribution in [2.24, 2.45) is 0 Å². The van der Waals surface area contributed by atoms with E-state index in [1.807, 2.05) is 0 Å². The first kappa shape index (κ1) is 15.6. The van der Waals surface area contributed by atoms with E-state index >= 15 is 0 Å². The van der Waals surface area contributed by atoms with Gasteiger partial charge in [-0.15, -0.1) is 0 Å². The van der Waals surface area contributed by atoms with Crippen LogP contribution < -0.4 is 10.1 Å². The quantitative estimate of drug-likeness (QED) is 0.902. The normalized spacial score (nSPS) is 20.2. The smallest absolute Gasteiger partial charge is 0.387 e. The van der Waals surface area contributed by atoms with Gasteiger partial charge >= 0.3 is 6.61 Å². The second kappa shape index (κ2) is 6.78. The summed E-state index contributed by atoms with van der Waals surface area (Å²) in [5.74, 6) is -0.186. The molecule has 1 aliphatic heterocycles. The number of likely N-dealkylation sites (tertiary alicyclic amines) is 1. The highest BCUT2D eigenvalue weighted by molar-refractivity contribution is 6.37. The third-order valence-electron chi connectivity index (χ3n) is 3.20. The van der Waals surface area contributed by atoms with Crippen molar-refractivity contribution in [3.63, 3.8) is 0 Å². The standard InChI is InChI=1S/C13H16Cl2F2N2O/c1-19-4-2-3-8(7-19)18-9-5-10(14)12(11(15)6-9)20-13(16)17/h5-6,8,13,18H,2-4,7H2,1H3. The molecule has 0 saturated carbocycles. The monoisotopic (exact) mass is 324 g/mol. The molecule has 1 heterocycles. The lowest BCUT2D eigenvalue weighted by atomic mass is 10.1. The Kier molecular flexibility index (Phi) is 5.29. The third kappa shape index (κ3) is 4.11. The molecule has 1 aliphatic rings. The Balaban J connectivity index is 2.09. The number of benzene rings is 1. The average molecular weight is 325 g/mol. The van der Waals surface area contributed by atoms with Crippen molar-refractivity contribution < 1.29 is 13.5 Å². The van der Waals surface area contributed by atoms with Crippen LogP contribution >= 0.6 is 23.2 Å². The summed E-state index contributed by atoms with van der Waals surface area (Å²) in [4.78, 5) is 2.23. The SMILES string of the molecule is CN1CCCC(Nc2cc(Cl)c(OC(F)F)c(Cl)c2)C1. The van der Waals surface area contributed by atoms with E-state index < -0.39 is 6.61 Å². The second-order valence-corrected chi connectivity index (χ2v) is 5.71. The zero-order chi connectivity index (χ0) is 14.7. The van der Waals surface area contributed by atoms with Crippen molar-refractivity contribution in [1.29, 1.82) is 0 Å². The number of hydrogen-bond acceptors (Lipinski definition) is 3. The van der Waals surface area contributed by atoms with E-state index in [2.05, 4.69) is 22.0 Å². The Morgan fingerprint density at radius 3 is 2.55 bits per heavy atom. The van der Waals surface area contributed by atoms with Gasteiger partial charge in [-0.2, -0.15) is 8.78 Å². The molecule has 1 aromatic rings. The first-order valence-electron chi connectivity index (χ1n) is 6.34. The molecule has 1 saturated heterocycles. The molecule has 0 radical (unpaired) electrons. The van der Waals surface area contributed by atoms with Crippen LogP contribution in [0.15, 0.2) is 12.1 Å². The molecule has 2 rings (SSSR count). The lowest BCUT2D eigenvalue weighted by Gasteiger charge is -2.31. The van der Waals surface area contributed by atoms with E-state index in [0.717, 1.165) is 25.9 Å². The number of hydrogen-bond donors (Lipinski definition) is 1. The van der Waals surface area contributed by atoms with E-state index in [9.17, 15) is 8.78 Å². The van der Waals surface area contributed by atoms with Gasteiger partial charge in [0.1, 0.15) is 0 Å².